The number of benzene rings is 1. The van der Waals surface area contributed by atoms with E-state index in [0.29, 0.717) is 12.5 Å². The topological polar surface area (TPSA) is 38.5 Å². The highest BCUT2D eigenvalue weighted by atomic mass is 16.5. The Bertz CT molecular complexity index is 372. The van der Waals surface area contributed by atoms with Crippen molar-refractivity contribution in [3.05, 3.63) is 29.3 Å². The summed E-state index contributed by atoms with van der Waals surface area (Å²) in [6.07, 6.45) is 0. The van der Waals surface area contributed by atoms with Crippen LogP contribution in [0.4, 0.5) is 5.69 Å². The summed E-state index contributed by atoms with van der Waals surface area (Å²) >= 11 is 0. The van der Waals surface area contributed by atoms with Crippen molar-refractivity contribution in [1.29, 1.82) is 0 Å². The van der Waals surface area contributed by atoms with E-state index in [0.717, 1.165) is 13.2 Å². The van der Waals surface area contributed by atoms with Crippen LogP contribution in [0.1, 0.15) is 11.1 Å². The zero-order valence-electron chi connectivity index (χ0n) is 10.9. The van der Waals surface area contributed by atoms with E-state index < -0.39 is 0 Å². The van der Waals surface area contributed by atoms with Crippen molar-refractivity contribution in [2.24, 2.45) is 11.7 Å². The molecule has 0 bridgehead atoms. The van der Waals surface area contributed by atoms with E-state index in [1.807, 2.05) is 0 Å². The second-order valence-electron chi connectivity index (χ2n) is 5.19. The summed E-state index contributed by atoms with van der Waals surface area (Å²) in [5.74, 6) is 0.445. The molecule has 2 rings (SSSR count). The molecule has 3 heteroatoms. The average Bonchev–Trinajstić information content (AvgIpc) is 2.63. The summed E-state index contributed by atoms with van der Waals surface area (Å²) in [4.78, 5) is 2.28. The largest absolute Gasteiger partial charge is 0.379 e. The van der Waals surface area contributed by atoms with Gasteiger partial charge < -0.3 is 15.4 Å². The minimum Gasteiger partial charge on any atom is -0.379 e. The number of ether oxygens (including phenoxy) is 1. The molecule has 0 aliphatic carbocycles. The molecule has 1 fully saturated rings. The highest BCUT2D eigenvalue weighted by molar-refractivity contribution is 5.50. The Kier molecular flexibility index (Phi) is 3.69. The van der Waals surface area contributed by atoms with Gasteiger partial charge in [0.15, 0.2) is 0 Å². The molecule has 1 aromatic carbocycles. The summed E-state index contributed by atoms with van der Waals surface area (Å²) < 4.78 is 5.40. The first-order valence-electron chi connectivity index (χ1n) is 6.19. The van der Waals surface area contributed by atoms with Crippen LogP contribution >= 0.6 is 0 Å². The smallest absolute Gasteiger partial charge is 0.0621 e. The predicted octanol–water partition coefficient (Wildman–Crippen LogP) is 1.71. The zero-order valence-corrected chi connectivity index (χ0v) is 10.9. The number of hydrogen-bond donors (Lipinski definition) is 1. The number of nitrogens with two attached hydrogens (primary N) is 1. The Morgan fingerprint density at radius 2 is 1.88 bits per heavy atom. The van der Waals surface area contributed by atoms with Gasteiger partial charge in [-0.3, -0.25) is 0 Å². The second-order valence-corrected chi connectivity index (χ2v) is 5.19. The number of hydrogen-bond acceptors (Lipinski definition) is 3. The lowest BCUT2D eigenvalue weighted by Gasteiger charge is -2.25. The van der Waals surface area contributed by atoms with E-state index in [9.17, 15) is 0 Å². The van der Waals surface area contributed by atoms with Crippen molar-refractivity contribution in [2.75, 3.05) is 31.7 Å². The van der Waals surface area contributed by atoms with Crippen LogP contribution < -0.4 is 10.6 Å². The summed E-state index contributed by atoms with van der Waals surface area (Å²) in [6.45, 7) is 6.72. The van der Waals surface area contributed by atoms with E-state index in [1.165, 1.54) is 16.8 Å². The van der Waals surface area contributed by atoms with Crippen LogP contribution in [-0.2, 0) is 4.74 Å². The van der Waals surface area contributed by atoms with Gasteiger partial charge in [0.1, 0.15) is 0 Å². The van der Waals surface area contributed by atoms with Crippen molar-refractivity contribution in [3.63, 3.8) is 0 Å². The van der Waals surface area contributed by atoms with Gasteiger partial charge in [-0.1, -0.05) is 6.07 Å². The SMILES string of the molecule is Cc1cc(C)cc(N(C)CC2COCC2N)c1. The van der Waals surface area contributed by atoms with Crippen molar-refractivity contribution >= 4 is 5.69 Å². The molecule has 0 aromatic heterocycles. The molecule has 0 amide bonds. The Balaban J connectivity index is 2.06. The number of rotatable bonds is 3. The molecule has 3 nitrogen and oxygen atoms in total. The van der Waals surface area contributed by atoms with Crippen LogP contribution in [0.15, 0.2) is 18.2 Å². The van der Waals surface area contributed by atoms with Gasteiger partial charge in [-0.05, 0) is 37.1 Å². The van der Waals surface area contributed by atoms with Gasteiger partial charge in [0.2, 0.25) is 0 Å². The molecule has 1 aromatic rings. The van der Waals surface area contributed by atoms with Gasteiger partial charge in [0, 0.05) is 31.2 Å². The van der Waals surface area contributed by atoms with Crippen molar-refractivity contribution in [3.8, 4) is 0 Å². The normalized spacial score (nSPS) is 24.0. The van der Waals surface area contributed by atoms with Crippen LogP contribution in [0.3, 0.4) is 0 Å². The van der Waals surface area contributed by atoms with Gasteiger partial charge in [0.25, 0.3) is 0 Å². The Morgan fingerprint density at radius 1 is 1.24 bits per heavy atom. The van der Waals surface area contributed by atoms with Gasteiger partial charge >= 0.3 is 0 Å². The lowest BCUT2D eigenvalue weighted by molar-refractivity contribution is 0.185. The standard InChI is InChI=1S/C14H22N2O/c1-10-4-11(2)6-13(5-10)16(3)7-12-8-17-9-14(12)15/h4-6,12,14H,7-9,15H2,1-3H3. The van der Waals surface area contributed by atoms with E-state index in [-0.39, 0.29) is 6.04 Å². The second kappa shape index (κ2) is 5.07. The molecular formula is C14H22N2O. The van der Waals surface area contributed by atoms with Gasteiger partial charge in [-0.15, -0.1) is 0 Å². The predicted molar refractivity (Wildman–Crippen MR) is 71.5 cm³/mol. The highest BCUT2D eigenvalue weighted by Crippen LogP contribution is 2.20. The van der Waals surface area contributed by atoms with E-state index >= 15 is 0 Å². The van der Waals surface area contributed by atoms with Crippen molar-refractivity contribution in [1.82, 2.24) is 0 Å². The van der Waals surface area contributed by atoms with Crippen LogP contribution in [-0.4, -0.2) is 32.8 Å². The third-order valence-corrected chi connectivity index (χ3v) is 3.40. The summed E-state index contributed by atoms with van der Waals surface area (Å²) in [5, 5.41) is 0. The molecule has 2 atom stereocenters. The van der Waals surface area contributed by atoms with Gasteiger partial charge in [0.05, 0.1) is 13.2 Å². The fourth-order valence-corrected chi connectivity index (χ4v) is 2.43. The van der Waals surface area contributed by atoms with Gasteiger partial charge in [-0.2, -0.15) is 0 Å². The molecule has 0 radical (unpaired) electrons. The first kappa shape index (κ1) is 12.4. The third-order valence-electron chi connectivity index (χ3n) is 3.40. The van der Waals surface area contributed by atoms with Crippen LogP contribution in [0, 0.1) is 19.8 Å². The molecule has 1 aliphatic rings. The van der Waals surface area contributed by atoms with E-state index in [4.69, 9.17) is 10.5 Å². The minimum absolute atomic E-state index is 0.184. The summed E-state index contributed by atoms with van der Waals surface area (Å²) in [6, 6.07) is 6.81. The maximum absolute atomic E-state index is 6.01. The Morgan fingerprint density at radius 3 is 2.41 bits per heavy atom. The Labute approximate surface area is 104 Å². The molecule has 1 saturated heterocycles. The van der Waals surface area contributed by atoms with Crippen LogP contribution in [0.25, 0.3) is 0 Å². The molecular weight excluding hydrogens is 212 g/mol. The fourth-order valence-electron chi connectivity index (χ4n) is 2.43. The van der Waals surface area contributed by atoms with Gasteiger partial charge in [-0.25, -0.2) is 0 Å². The molecule has 2 unspecified atom stereocenters. The zero-order chi connectivity index (χ0) is 12.4. The third kappa shape index (κ3) is 2.99. The molecule has 94 valence electrons. The molecule has 0 spiro atoms. The Hall–Kier alpha value is -1.06. The van der Waals surface area contributed by atoms with Crippen LogP contribution in [0.5, 0.6) is 0 Å². The molecule has 1 aliphatic heterocycles. The maximum atomic E-state index is 6.01. The molecule has 1 heterocycles. The lowest BCUT2D eigenvalue weighted by Crippen LogP contribution is -2.37. The maximum Gasteiger partial charge on any atom is 0.0621 e. The highest BCUT2D eigenvalue weighted by Gasteiger charge is 2.25. The van der Waals surface area contributed by atoms with E-state index in [2.05, 4.69) is 44.0 Å². The van der Waals surface area contributed by atoms with Crippen molar-refractivity contribution < 1.29 is 4.74 Å². The first-order chi connectivity index (χ1) is 8.06. The fraction of sp³-hybridized carbons (Fsp3) is 0.571. The monoisotopic (exact) mass is 234 g/mol. The lowest BCUT2D eigenvalue weighted by atomic mass is 10.0. The van der Waals surface area contributed by atoms with Crippen molar-refractivity contribution in [2.45, 2.75) is 19.9 Å². The summed E-state index contributed by atoms with van der Waals surface area (Å²) in [7, 11) is 2.12. The molecule has 0 saturated carbocycles. The molecule has 17 heavy (non-hydrogen) atoms. The van der Waals surface area contributed by atoms with E-state index in [1.54, 1.807) is 0 Å². The number of aryl methyl sites for hydroxylation is 2. The van der Waals surface area contributed by atoms with Crippen LogP contribution in [0.2, 0.25) is 0 Å². The average molecular weight is 234 g/mol. The first-order valence-corrected chi connectivity index (χ1v) is 6.19. The molecule has 2 N–H and O–H groups in total. The quantitative estimate of drug-likeness (QED) is 0.865. The number of nitrogens with zero attached hydrogens (tertiary/aromatic N) is 1. The number of anilines is 1. The minimum atomic E-state index is 0.184. The summed E-state index contributed by atoms with van der Waals surface area (Å²) in [5.41, 5.74) is 9.89.